The zero-order valence-electron chi connectivity index (χ0n) is 12.8. The Morgan fingerprint density at radius 1 is 1.44 bits per heavy atom. The number of carbonyl (C=O) groups is 2. The quantitative estimate of drug-likeness (QED) is 0.339. The average molecular weight is 267 g/mol. The van der Waals surface area contributed by atoms with Gasteiger partial charge < -0.3 is 16.6 Å². The van der Waals surface area contributed by atoms with Crippen LogP contribution < -0.4 is 34.9 Å². The van der Waals surface area contributed by atoms with Crippen molar-refractivity contribution in [3.63, 3.8) is 0 Å². The smallest absolute Gasteiger partial charge is 1.00 e. The van der Waals surface area contributed by atoms with Gasteiger partial charge in [0.05, 0.1) is 6.61 Å². The Hall–Kier alpha value is -0.520. The summed E-state index contributed by atoms with van der Waals surface area (Å²) < 4.78 is 4.78. The fourth-order valence-electron chi connectivity index (χ4n) is 1.24. The number of carboxylic acid groups (broad SMARTS) is 1. The Morgan fingerprint density at radius 2 is 2.00 bits per heavy atom. The van der Waals surface area contributed by atoms with Crippen molar-refractivity contribution in [3.05, 3.63) is 11.8 Å². The van der Waals surface area contributed by atoms with Crippen molar-refractivity contribution in [2.24, 2.45) is 5.92 Å². The summed E-state index contributed by atoms with van der Waals surface area (Å²) in [6.07, 6.45) is 1.90. The van der Waals surface area contributed by atoms with Crippen molar-refractivity contribution in [2.75, 3.05) is 6.61 Å². The fraction of sp³-hybridized carbons (Fsp3) is 0.667. The summed E-state index contributed by atoms with van der Waals surface area (Å²) in [5.74, 6) is -1.10. The Morgan fingerprint density at radius 3 is 2.39 bits per heavy atom. The van der Waals surface area contributed by atoms with Gasteiger partial charge in [-0.2, -0.15) is 0 Å². The number of aliphatic carboxylic acids is 1. The number of esters is 1. The van der Waals surface area contributed by atoms with E-state index >= 15 is 0 Å². The van der Waals surface area contributed by atoms with Crippen LogP contribution in [0.3, 0.4) is 0 Å². The third-order valence-electron chi connectivity index (χ3n) is 2.10. The van der Waals surface area contributed by atoms with E-state index in [0.29, 0.717) is 18.6 Å². The van der Waals surface area contributed by atoms with Gasteiger partial charge in [-0.05, 0) is 26.2 Å². The molecule has 1 atom stereocenters. The zero-order chi connectivity index (χ0) is 13.4. The van der Waals surface area contributed by atoms with Gasteiger partial charge in [-0.3, -0.25) is 0 Å². The maximum Gasteiger partial charge on any atom is 1.00 e. The minimum atomic E-state index is -0.924. The summed E-state index contributed by atoms with van der Waals surface area (Å²) in [5, 5.41) is 11.7. The maximum atomic E-state index is 11.3. The van der Waals surface area contributed by atoms with Crippen molar-refractivity contribution in [1.82, 2.24) is 5.32 Å². The summed E-state index contributed by atoms with van der Waals surface area (Å²) in [6.45, 7) is 7.49. The normalized spacial score (nSPS) is 12.6. The Labute approximate surface area is 132 Å². The van der Waals surface area contributed by atoms with E-state index < -0.39 is 18.0 Å². The number of ether oxygens (including phenoxy) is 1. The largest absolute Gasteiger partial charge is 1.00 e. The second-order valence-corrected chi connectivity index (χ2v) is 4.23. The molecule has 0 radical (unpaired) electrons. The number of rotatable bonds is 7. The van der Waals surface area contributed by atoms with Crippen molar-refractivity contribution in [2.45, 2.75) is 40.2 Å². The molecule has 0 saturated heterocycles. The van der Waals surface area contributed by atoms with Gasteiger partial charge in [0.1, 0.15) is 6.04 Å². The molecule has 2 N–H and O–H groups in total. The van der Waals surface area contributed by atoms with E-state index in [1.165, 1.54) is 6.20 Å². The summed E-state index contributed by atoms with van der Waals surface area (Å²) in [6, 6.07) is -0.681. The van der Waals surface area contributed by atoms with Crippen LogP contribution in [0.15, 0.2) is 11.8 Å². The van der Waals surface area contributed by atoms with Gasteiger partial charge >= 0.3 is 41.5 Å². The minimum absolute atomic E-state index is 0. The molecular formula is C12H22NNaO4. The van der Waals surface area contributed by atoms with Crippen LogP contribution in [0.25, 0.3) is 0 Å². The van der Waals surface area contributed by atoms with Gasteiger partial charge in [0.25, 0.3) is 0 Å². The molecule has 0 aliphatic carbocycles. The van der Waals surface area contributed by atoms with Crippen molar-refractivity contribution >= 4 is 11.9 Å². The molecule has 0 aromatic heterocycles. The molecule has 0 rings (SSSR count). The van der Waals surface area contributed by atoms with Crippen LogP contribution >= 0.6 is 0 Å². The van der Waals surface area contributed by atoms with E-state index in [2.05, 4.69) is 5.32 Å². The maximum absolute atomic E-state index is 11.3. The number of carboxylic acids is 1. The van der Waals surface area contributed by atoms with Crippen molar-refractivity contribution < 1.29 is 50.4 Å². The number of hydrogen-bond acceptors (Lipinski definition) is 4. The zero-order valence-corrected chi connectivity index (χ0v) is 13.8. The molecule has 18 heavy (non-hydrogen) atoms. The summed E-state index contributed by atoms with van der Waals surface area (Å²) >= 11 is 0. The fourth-order valence-corrected chi connectivity index (χ4v) is 1.24. The molecule has 0 aromatic rings. The van der Waals surface area contributed by atoms with Crippen LogP contribution in [0.2, 0.25) is 0 Å². The number of nitrogens with one attached hydrogen (secondary N) is 1. The average Bonchev–Trinajstić information content (AvgIpc) is 2.23. The molecule has 5 nitrogen and oxygen atoms in total. The summed E-state index contributed by atoms with van der Waals surface area (Å²) in [7, 11) is 0. The van der Waals surface area contributed by atoms with E-state index in [0.717, 1.165) is 0 Å². The molecule has 0 bridgehead atoms. The number of hydrogen-bond donors (Lipinski definition) is 2. The van der Waals surface area contributed by atoms with Gasteiger partial charge in [0.2, 0.25) is 0 Å². The predicted molar refractivity (Wildman–Crippen MR) is 65.5 cm³/mol. The van der Waals surface area contributed by atoms with Gasteiger partial charge in [0.15, 0.2) is 0 Å². The van der Waals surface area contributed by atoms with Crippen LogP contribution in [-0.4, -0.2) is 29.7 Å². The van der Waals surface area contributed by atoms with Gasteiger partial charge in [-0.15, -0.1) is 0 Å². The molecule has 0 saturated carbocycles. The van der Waals surface area contributed by atoms with Crippen molar-refractivity contribution in [3.8, 4) is 0 Å². The van der Waals surface area contributed by atoms with E-state index in [9.17, 15) is 9.59 Å². The molecular weight excluding hydrogens is 245 g/mol. The van der Waals surface area contributed by atoms with E-state index in [1.54, 1.807) is 13.8 Å². The SMILES string of the molecule is CCOC(=O)C(C)=CN[C@@H](CC(C)C)C(=O)O.[H-].[Na+]. The Kier molecular flexibility index (Phi) is 11.5. The first kappa shape index (κ1) is 19.8. The molecule has 0 spiro atoms. The first-order valence-electron chi connectivity index (χ1n) is 5.71. The summed E-state index contributed by atoms with van der Waals surface area (Å²) in [4.78, 5) is 22.2. The van der Waals surface area contributed by atoms with Crippen molar-refractivity contribution in [1.29, 1.82) is 0 Å². The second-order valence-electron chi connectivity index (χ2n) is 4.23. The standard InChI is InChI=1S/C12H21NO4.Na.H/c1-5-17-12(16)9(4)7-13-10(11(14)15)6-8(2)3;;/h7-8,10,13H,5-6H2,1-4H3,(H,14,15);;/q;+1;-1/t10-;;/m0../s1. The van der Waals surface area contributed by atoms with Crippen LogP contribution in [-0.2, 0) is 14.3 Å². The Balaban J connectivity index is -0.00000128. The molecule has 0 amide bonds. The number of carbonyl (C=O) groups excluding carboxylic acids is 1. The monoisotopic (exact) mass is 267 g/mol. The molecule has 6 heteroatoms. The van der Waals surface area contributed by atoms with Gasteiger partial charge in [-0.25, -0.2) is 9.59 Å². The minimum Gasteiger partial charge on any atom is -1.00 e. The van der Waals surface area contributed by atoms with E-state index in [-0.39, 0.29) is 36.9 Å². The molecule has 0 aromatic carbocycles. The topological polar surface area (TPSA) is 75.6 Å². The van der Waals surface area contributed by atoms with E-state index in [1.807, 2.05) is 13.8 Å². The van der Waals surface area contributed by atoms with Crippen LogP contribution in [0, 0.1) is 5.92 Å². The molecule has 0 unspecified atom stereocenters. The third kappa shape index (κ3) is 8.55. The first-order valence-corrected chi connectivity index (χ1v) is 5.71. The molecule has 0 heterocycles. The van der Waals surface area contributed by atoms with Crippen LogP contribution in [0.5, 0.6) is 0 Å². The van der Waals surface area contributed by atoms with Gasteiger partial charge in [0, 0.05) is 11.8 Å². The second kappa shape index (κ2) is 10.4. The molecule has 0 aliphatic rings. The Bertz CT molecular complexity index is 308. The van der Waals surface area contributed by atoms with Gasteiger partial charge in [-0.1, -0.05) is 13.8 Å². The predicted octanol–water partition coefficient (Wildman–Crippen LogP) is -1.34. The van der Waals surface area contributed by atoms with Crippen LogP contribution in [0.4, 0.5) is 0 Å². The van der Waals surface area contributed by atoms with E-state index in [4.69, 9.17) is 9.84 Å². The molecule has 0 aliphatic heterocycles. The third-order valence-corrected chi connectivity index (χ3v) is 2.10. The summed E-state index contributed by atoms with van der Waals surface area (Å²) in [5.41, 5.74) is 0.363. The first-order chi connectivity index (χ1) is 7.88. The molecule has 100 valence electrons. The molecule has 0 fully saturated rings. The van der Waals surface area contributed by atoms with Crippen LogP contribution in [0.1, 0.15) is 35.5 Å².